The van der Waals surface area contributed by atoms with E-state index in [0.29, 0.717) is 0 Å². The number of carbonyl (C=O) groups is 2. The van der Waals surface area contributed by atoms with Gasteiger partial charge in [0.05, 0.1) is 12.1 Å². The lowest BCUT2D eigenvalue weighted by atomic mass is 10.3. The van der Waals surface area contributed by atoms with Crippen molar-refractivity contribution in [2.24, 2.45) is 0 Å². The van der Waals surface area contributed by atoms with E-state index >= 15 is 0 Å². The number of alkyl halides is 2. The number of amides is 1. The molecule has 0 aliphatic carbocycles. The molecule has 0 aromatic carbocycles. The summed E-state index contributed by atoms with van der Waals surface area (Å²) in [7, 11) is 1.05. The number of anilines is 1. The number of aromatic nitrogens is 1. The van der Waals surface area contributed by atoms with E-state index in [-0.39, 0.29) is 17.2 Å². The first-order valence-electron chi connectivity index (χ1n) is 4.69. The Balaban J connectivity index is 2.65. The molecule has 2 N–H and O–H groups in total. The van der Waals surface area contributed by atoms with Gasteiger partial charge in [-0.15, -0.1) is 11.3 Å². The lowest BCUT2D eigenvalue weighted by Gasteiger charge is -2.13. The highest BCUT2D eigenvalue weighted by Gasteiger charge is 2.39. The van der Waals surface area contributed by atoms with Gasteiger partial charge in [0, 0.05) is 12.5 Å². The van der Waals surface area contributed by atoms with Crippen LogP contribution in [0.15, 0.2) is 5.38 Å². The van der Waals surface area contributed by atoms with E-state index in [1.54, 1.807) is 0 Å². The highest BCUT2D eigenvalue weighted by molar-refractivity contribution is 7.13. The summed E-state index contributed by atoms with van der Waals surface area (Å²) < 4.78 is 30.3. The molecule has 1 heterocycles. The van der Waals surface area contributed by atoms with Crippen LogP contribution in [0.25, 0.3) is 0 Å². The average Bonchev–Trinajstić information content (AvgIpc) is 2.64. The first kappa shape index (κ1) is 14.5. The van der Waals surface area contributed by atoms with Crippen molar-refractivity contribution >= 4 is 28.3 Å². The fraction of sp³-hybridized carbons (Fsp3) is 0.444. The number of aliphatic carboxylic acids is 1. The van der Waals surface area contributed by atoms with Gasteiger partial charge in [-0.25, -0.2) is 4.98 Å². The van der Waals surface area contributed by atoms with E-state index in [2.05, 4.69) is 9.72 Å². The molecule has 0 saturated heterocycles. The molecule has 0 saturated carbocycles. The van der Waals surface area contributed by atoms with E-state index in [1.807, 2.05) is 5.32 Å². The number of nitrogens with zero attached hydrogens (tertiary/aromatic N) is 1. The van der Waals surface area contributed by atoms with Gasteiger partial charge in [-0.2, -0.15) is 8.78 Å². The van der Waals surface area contributed by atoms with Crippen LogP contribution in [0.1, 0.15) is 5.69 Å². The molecule has 0 atom stereocenters. The zero-order chi connectivity index (χ0) is 13.8. The second-order valence-corrected chi connectivity index (χ2v) is 4.16. The molecule has 0 radical (unpaired) electrons. The summed E-state index contributed by atoms with van der Waals surface area (Å²) in [5, 5.41) is 11.7. The number of carbonyl (C=O) groups excluding carboxylic acids is 1. The van der Waals surface area contributed by atoms with Crippen LogP contribution < -0.4 is 5.32 Å². The smallest absolute Gasteiger partial charge is 0.347 e. The molecular weight excluding hydrogens is 270 g/mol. The summed E-state index contributed by atoms with van der Waals surface area (Å²) >= 11 is 0.874. The largest absolute Gasteiger partial charge is 0.481 e. The molecule has 1 amide bonds. The molecule has 0 aliphatic heterocycles. The number of carboxylic acid groups (broad SMARTS) is 1. The molecular formula is C9H10F2N2O4S. The summed E-state index contributed by atoms with van der Waals surface area (Å²) in [4.78, 5) is 25.2. The number of thiazole rings is 1. The maximum absolute atomic E-state index is 13.1. The van der Waals surface area contributed by atoms with Gasteiger partial charge in [0.15, 0.2) is 5.13 Å². The Bertz CT molecular complexity index is 450. The number of hydrogen-bond acceptors (Lipinski definition) is 5. The van der Waals surface area contributed by atoms with Crippen LogP contribution in [0.5, 0.6) is 0 Å². The number of rotatable bonds is 6. The number of hydrogen-bond donors (Lipinski definition) is 2. The first-order valence-corrected chi connectivity index (χ1v) is 5.57. The summed E-state index contributed by atoms with van der Waals surface area (Å²) in [6, 6.07) is 0. The van der Waals surface area contributed by atoms with Crippen LogP contribution in [-0.2, 0) is 20.7 Å². The average molecular weight is 280 g/mol. The van der Waals surface area contributed by atoms with Crippen molar-refractivity contribution in [3.63, 3.8) is 0 Å². The second kappa shape index (κ2) is 5.83. The van der Waals surface area contributed by atoms with Crippen LogP contribution in [-0.4, -0.2) is 41.6 Å². The van der Waals surface area contributed by atoms with Crippen molar-refractivity contribution in [2.45, 2.75) is 12.3 Å². The van der Waals surface area contributed by atoms with E-state index in [1.165, 1.54) is 5.38 Å². The third-order valence-corrected chi connectivity index (χ3v) is 2.57. The predicted octanol–water partition coefficient (Wildman–Crippen LogP) is 0.990. The Morgan fingerprint density at radius 2 is 2.28 bits per heavy atom. The molecule has 0 bridgehead atoms. The maximum Gasteiger partial charge on any atom is 0.347 e. The van der Waals surface area contributed by atoms with Gasteiger partial charge < -0.3 is 9.84 Å². The molecule has 18 heavy (non-hydrogen) atoms. The molecule has 1 rings (SSSR count). The quantitative estimate of drug-likeness (QED) is 0.811. The lowest BCUT2D eigenvalue weighted by Crippen LogP contribution is -2.38. The molecule has 6 nitrogen and oxygen atoms in total. The Kier molecular flexibility index (Phi) is 4.68. The van der Waals surface area contributed by atoms with Gasteiger partial charge in [0.1, 0.15) is 6.61 Å². The highest BCUT2D eigenvalue weighted by atomic mass is 32.1. The van der Waals surface area contributed by atoms with Gasteiger partial charge in [-0.3, -0.25) is 14.9 Å². The minimum absolute atomic E-state index is 0.0768. The minimum Gasteiger partial charge on any atom is -0.481 e. The normalized spacial score (nSPS) is 11.3. The third-order valence-electron chi connectivity index (χ3n) is 1.76. The zero-order valence-electron chi connectivity index (χ0n) is 9.27. The predicted molar refractivity (Wildman–Crippen MR) is 58.9 cm³/mol. The van der Waals surface area contributed by atoms with Gasteiger partial charge in [-0.05, 0) is 0 Å². The molecule has 0 fully saturated rings. The van der Waals surface area contributed by atoms with Crippen LogP contribution in [0.2, 0.25) is 0 Å². The van der Waals surface area contributed by atoms with Gasteiger partial charge in [0.2, 0.25) is 0 Å². The first-order chi connectivity index (χ1) is 8.35. The molecule has 1 aromatic heterocycles. The molecule has 1 aromatic rings. The SMILES string of the molecule is COCC(F)(F)C(=O)Nc1nc(CC(=O)O)cs1. The number of halogens is 2. The summed E-state index contributed by atoms with van der Waals surface area (Å²) in [6.07, 6.45) is -0.333. The van der Waals surface area contributed by atoms with Gasteiger partial charge in [0.25, 0.3) is 5.91 Å². The lowest BCUT2D eigenvalue weighted by molar-refractivity contribution is -0.146. The van der Waals surface area contributed by atoms with E-state index in [0.717, 1.165) is 18.4 Å². The van der Waals surface area contributed by atoms with Crippen molar-refractivity contribution in [2.75, 3.05) is 19.0 Å². The minimum atomic E-state index is -3.66. The molecule has 9 heteroatoms. The highest BCUT2D eigenvalue weighted by Crippen LogP contribution is 2.20. The van der Waals surface area contributed by atoms with E-state index < -0.39 is 24.4 Å². The number of methoxy groups -OCH3 is 1. The fourth-order valence-corrected chi connectivity index (χ4v) is 1.74. The standard InChI is InChI=1S/C9H10F2N2O4S/c1-17-4-9(10,11)7(16)13-8-12-5(3-18-8)2-6(14)15/h3H,2,4H2,1H3,(H,14,15)(H,12,13,16). The summed E-state index contributed by atoms with van der Waals surface area (Å²) in [6.45, 7) is -1.04. The van der Waals surface area contributed by atoms with Gasteiger partial charge in [-0.1, -0.05) is 0 Å². The van der Waals surface area contributed by atoms with Crippen molar-refractivity contribution < 1.29 is 28.2 Å². The van der Waals surface area contributed by atoms with Crippen molar-refractivity contribution in [3.05, 3.63) is 11.1 Å². The third kappa shape index (κ3) is 4.00. The summed E-state index contributed by atoms with van der Waals surface area (Å²) in [5.41, 5.74) is 0.192. The Hall–Kier alpha value is -1.61. The Labute approximate surface area is 105 Å². The summed E-state index contributed by atoms with van der Waals surface area (Å²) in [5.74, 6) is -6.30. The van der Waals surface area contributed by atoms with Crippen LogP contribution in [0.3, 0.4) is 0 Å². The second-order valence-electron chi connectivity index (χ2n) is 3.31. The number of ether oxygens (including phenoxy) is 1. The Morgan fingerprint density at radius 3 is 2.83 bits per heavy atom. The zero-order valence-corrected chi connectivity index (χ0v) is 10.1. The van der Waals surface area contributed by atoms with Crippen molar-refractivity contribution in [1.82, 2.24) is 4.98 Å². The molecule has 100 valence electrons. The van der Waals surface area contributed by atoms with Crippen LogP contribution in [0, 0.1) is 0 Å². The van der Waals surface area contributed by atoms with Gasteiger partial charge >= 0.3 is 11.9 Å². The van der Waals surface area contributed by atoms with Crippen LogP contribution >= 0.6 is 11.3 Å². The van der Waals surface area contributed by atoms with E-state index in [9.17, 15) is 18.4 Å². The van der Waals surface area contributed by atoms with Crippen molar-refractivity contribution in [1.29, 1.82) is 0 Å². The monoisotopic (exact) mass is 280 g/mol. The molecule has 0 aliphatic rings. The number of carboxylic acids is 1. The Morgan fingerprint density at radius 1 is 1.61 bits per heavy atom. The fourth-order valence-electron chi connectivity index (χ4n) is 1.04. The maximum atomic E-state index is 13.1. The number of nitrogens with one attached hydrogen (secondary N) is 1. The van der Waals surface area contributed by atoms with Crippen molar-refractivity contribution in [3.8, 4) is 0 Å². The van der Waals surface area contributed by atoms with E-state index in [4.69, 9.17) is 5.11 Å². The molecule has 0 unspecified atom stereocenters. The topological polar surface area (TPSA) is 88.5 Å². The van der Waals surface area contributed by atoms with Crippen LogP contribution in [0.4, 0.5) is 13.9 Å². The molecule has 0 spiro atoms.